The maximum Gasteiger partial charge on any atom is 0.232 e. The van der Waals surface area contributed by atoms with Crippen LogP contribution in [0, 0.1) is 11.8 Å². The number of amides is 1. The van der Waals surface area contributed by atoms with E-state index in [9.17, 15) is 9.18 Å². The maximum atomic E-state index is 13.8. The van der Waals surface area contributed by atoms with Crippen LogP contribution in [0.1, 0.15) is 20.3 Å². The number of nitrogens with two attached hydrogens (primary N) is 1. The molecule has 0 unspecified atom stereocenters. The van der Waals surface area contributed by atoms with Crippen LogP contribution < -0.4 is 5.73 Å². The van der Waals surface area contributed by atoms with Gasteiger partial charge in [-0.2, -0.15) is 0 Å². The molecular weight excluding hydrogens is 257 g/mol. The van der Waals surface area contributed by atoms with Crippen LogP contribution in [0.3, 0.4) is 0 Å². The second-order valence-corrected chi connectivity index (χ2v) is 3.78. The molecule has 108 valence electrons. The van der Waals surface area contributed by atoms with Crippen LogP contribution in [0.15, 0.2) is 40.7 Å². The molecular formula is C15H20FN3O. The molecule has 0 spiro atoms. The normalized spacial score (nSPS) is 13.2. The lowest BCUT2D eigenvalue weighted by Crippen LogP contribution is -2.38. The number of allylic oxidation sites excluding steroid dienone is 5. The minimum Gasteiger partial charge on any atom is -0.369 e. The van der Waals surface area contributed by atoms with E-state index >= 15 is 0 Å². The summed E-state index contributed by atoms with van der Waals surface area (Å²) in [6.45, 7) is 3.41. The predicted molar refractivity (Wildman–Crippen MR) is 80.5 cm³/mol. The zero-order valence-electron chi connectivity index (χ0n) is 12.3. The summed E-state index contributed by atoms with van der Waals surface area (Å²) in [6, 6.07) is 0. The maximum absolute atomic E-state index is 13.8. The molecule has 0 radical (unpaired) electrons. The quantitative estimate of drug-likeness (QED) is 0.370. The first-order chi connectivity index (χ1) is 9.47. The van der Waals surface area contributed by atoms with Gasteiger partial charge in [-0.3, -0.25) is 14.7 Å². The molecule has 0 aliphatic heterocycles. The van der Waals surface area contributed by atoms with Crippen molar-refractivity contribution in [2.24, 2.45) is 10.7 Å². The van der Waals surface area contributed by atoms with Gasteiger partial charge in [-0.25, -0.2) is 4.39 Å². The average Bonchev–Trinajstić information content (AvgIpc) is 2.44. The summed E-state index contributed by atoms with van der Waals surface area (Å²) in [5.41, 5.74) is 5.78. The van der Waals surface area contributed by atoms with Gasteiger partial charge in [-0.1, -0.05) is 18.1 Å². The fourth-order valence-electron chi connectivity index (χ4n) is 1.25. The van der Waals surface area contributed by atoms with Gasteiger partial charge in [0.1, 0.15) is 5.83 Å². The van der Waals surface area contributed by atoms with Gasteiger partial charge in [0.15, 0.2) is 5.96 Å². The van der Waals surface area contributed by atoms with Crippen molar-refractivity contribution in [1.82, 2.24) is 4.90 Å². The Morgan fingerprint density at radius 1 is 1.45 bits per heavy atom. The number of aliphatic imine (C=N–C) groups is 1. The van der Waals surface area contributed by atoms with E-state index in [1.54, 1.807) is 26.0 Å². The highest BCUT2D eigenvalue weighted by Crippen LogP contribution is 2.09. The first-order valence-corrected chi connectivity index (χ1v) is 6.08. The Morgan fingerprint density at radius 3 is 2.60 bits per heavy atom. The van der Waals surface area contributed by atoms with Crippen LogP contribution in [0.2, 0.25) is 0 Å². The van der Waals surface area contributed by atoms with E-state index in [0.29, 0.717) is 0 Å². The Balaban J connectivity index is 4.83. The van der Waals surface area contributed by atoms with Crippen LogP contribution in [-0.4, -0.2) is 30.9 Å². The predicted octanol–water partition coefficient (Wildman–Crippen LogP) is 2.16. The van der Waals surface area contributed by atoms with Gasteiger partial charge in [0, 0.05) is 20.5 Å². The molecule has 0 rings (SSSR count). The largest absolute Gasteiger partial charge is 0.369 e. The van der Waals surface area contributed by atoms with E-state index in [2.05, 4.69) is 16.8 Å². The summed E-state index contributed by atoms with van der Waals surface area (Å²) in [7, 11) is 3.00. The molecule has 0 saturated heterocycles. The Bertz CT molecular complexity index is 519. The number of carbonyl (C=O) groups excluding carboxylic acids is 1. The number of guanidine groups is 1. The van der Waals surface area contributed by atoms with Gasteiger partial charge in [0.2, 0.25) is 5.91 Å². The van der Waals surface area contributed by atoms with Crippen molar-refractivity contribution < 1.29 is 9.18 Å². The Kier molecular flexibility index (Phi) is 8.44. The summed E-state index contributed by atoms with van der Waals surface area (Å²) in [5, 5.41) is 0. The first kappa shape index (κ1) is 17.6. The van der Waals surface area contributed by atoms with Gasteiger partial charge >= 0.3 is 0 Å². The summed E-state index contributed by atoms with van der Waals surface area (Å²) in [4.78, 5) is 16.6. The molecule has 0 heterocycles. The van der Waals surface area contributed by atoms with E-state index in [0.717, 1.165) is 0 Å². The highest BCUT2D eigenvalue weighted by Gasteiger charge is 2.09. The number of rotatable bonds is 4. The van der Waals surface area contributed by atoms with Crippen LogP contribution >= 0.6 is 0 Å². The molecule has 0 bridgehead atoms. The van der Waals surface area contributed by atoms with E-state index in [-0.39, 0.29) is 23.9 Å². The third-order valence-electron chi connectivity index (χ3n) is 2.35. The molecule has 0 aromatic rings. The number of nitrogens with zero attached hydrogens (tertiary/aromatic N) is 2. The Labute approximate surface area is 119 Å². The van der Waals surface area contributed by atoms with E-state index in [4.69, 9.17) is 5.73 Å². The van der Waals surface area contributed by atoms with Gasteiger partial charge in [-0.15, -0.1) is 5.92 Å². The topological polar surface area (TPSA) is 58.7 Å². The molecule has 0 saturated carbocycles. The molecule has 1 amide bonds. The van der Waals surface area contributed by atoms with Crippen molar-refractivity contribution >= 4 is 11.9 Å². The fraction of sp³-hybridized carbons (Fsp3) is 0.333. The standard InChI is InChI=1S/C15H20FN3O/c1-5-8-12(9-6-2)13(16)10-7-11-14(20)19(4)15(17)18-3/h5,7-8,10H,11H2,1-4H3,(H2,17,18)/b8-5+,10-7-,13-12-. The van der Waals surface area contributed by atoms with Crippen molar-refractivity contribution in [3.63, 3.8) is 0 Å². The van der Waals surface area contributed by atoms with Crippen molar-refractivity contribution in [3.8, 4) is 11.8 Å². The summed E-state index contributed by atoms with van der Waals surface area (Å²) in [6.07, 6.45) is 5.96. The van der Waals surface area contributed by atoms with Crippen molar-refractivity contribution in [3.05, 3.63) is 35.7 Å². The second kappa shape index (κ2) is 9.56. The average molecular weight is 277 g/mol. The molecule has 0 aliphatic carbocycles. The number of halogens is 1. The zero-order valence-corrected chi connectivity index (χ0v) is 12.3. The monoisotopic (exact) mass is 277 g/mol. The fourth-order valence-corrected chi connectivity index (χ4v) is 1.25. The van der Waals surface area contributed by atoms with Crippen LogP contribution in [0.5, 0.6) is 0 Å². The van der Waals surface area contributed by atoms with Gasteiger partial charge in [0.05, 0.1) is 5.57 Å². The number of carbonyl (C=O) groups is 1. The Morgan fingerprint density at radius 2 is 2.10 bits per heavy atom. The highest BCUT2D eigenvalue weighted by atomic mass is 19.1. The Hall–Kier alpha value is -2.35. The summed E-state index contributed by atoms with van der Waals surface area (Å²) in [5.74, 6) is 4.65. The molecule has 4 nitrogen and oxygen atoms in total. The van der Waals surface area contributed by atoms with Crippen molar-refractivity contribution in [2.75, 3.05) is 14.1 Å². The molecule has 5 heteroatoms. The molecule has 0 aromatic heterocycles. The van der Waals surface area contributed by atoms with Gasteiger partial charge < -0.3 is 5.73 Å². The molecule has 2 N–H and O–H groups in total. The van der Waals surface area contributed by atoms with E-state index in [1.807, 2.05) is 0 Å². The summed E-state index contributed by atoms with van der Waals surface area (Å²) < 4.78 is 13.8. The third kappa shape index (κ3) is 6.01. The number of hydrogen-bond donors (Lipinski definition) is 1. The first-order valence-electron chi connectivity index (χ1n) is 6.08. The molecule has 0 fully saturated rings. The van der Waals surface area contributed by atoms with Gasteiger partial charge in [0.25, 0.3) is 0 Å². The van der Waals surface area contributed by atoms with Crippen LogP contribution in [-0.2, 0) is 4.79 Å². The van der Waals surface area contributed by atoms with Crippen LogP contribution in [0.4, 0.5) is 4.39 Å². The lowest BCUT2D eigenvalue weighted by atomic mass is 10.2. The molecule has 0 atom stereocenters. The summed E-state index contributed by atoms with van der Waals surface area (Å²) >= 11 is 0. The zero-order chi connectivity index (χ0) is 15.5. The van der Waals surface area contributed by atoms with E-state index < -0.39 is 5.83 Å². The van der Waals surface area contributed by atoms with Crippen molar-refractivity contribution in [1.29, 1.82) is 0 Å². The second-order valence-electron chi connectivity index (χ2n) is 3.78. The lowest BCUT2D eigenvalue weighted by Gasteiger charge is -2.14. The number of hydrogen-bond acceptors (Lipinski definition) is 2. The van der Waals surface area contributed by atoms with Crippen molar-refractivity contribution in [2.45, 2.75) is 20.3 Å². The van der Waals surface area contributed by atoms with Crippen LogP contribution in [0.25, 0.3) is 0 Å². The molecule has 0 aromatic carbocycles. The molecule has 0 aliphatic rings. The minimum absolute atomic E-state index is 0.0306. The third-order valence-corrected chi connectivity index (χ3v) is 2.35. The highest BCUT2D eigenvalue weighted by molar-refractivity contribution is 5.96. The van der Waals surface area contributed by atoms with Gasteiger partial charge in [-0.05, 0) is 26.0 Å². The lowest BCUT2D eigenvalue weighted by molar-refractivity contribution is -0.125. The molecule has 20 heavy (non-hydrogen) atoms. The minimum atomic E-state index is -0.481. The van der Waals surface area contributed by atoms with E-state index in [1.165, 1.54) is 31.1 Å². The smallest absolute Gasteiger partial charge is 0.232 e. The SMILES string of the molecule is CC#CC(/C=C/C)=C(F)/C=C\CC(=O)N(C)C(N)=NC.